The van der Waals surface area contributed by atoms with E-state index in [0.29, 0.717) is 17.7 Å². The summed E-state index contributed by atoms with van der Waals surface area (Å²) < 4.78 is 5.58. The van der Waals surface area contributed by atoms with Gasteiger partial charge in [0.2, 0.25) is 0 Å². The monoisotopic (exact) mass is 338 g/mol. The van der Waals surface area contributed by atoms with Gasteiger partial charge in [-0.05, 0) is 44.0 Å². The van der Waals surface area contributed by atoms with E-state index in [0.717, 1.165) is 5.56 Å². The van der Waals surface area contributed by atoms with Crippen LogP contribution in [-0.4, -0.2) is 23.2 Å². The smallest absolute Gasteiger partial charge is 0.260 e. The second-order valence-corrected chi connectivity index (χ2v) is 5.97. The number of hydrogen-bond acceptors (Lipinski definition) is 4. The van der Waals surface area contributed by atoms with Crippen molar-refractivity contribution in [2.24, 2.45) is 0 Å². The fraction of sp³-hybridized carbons (Fsp3) is 0.300. The molecular weight excluding hydrogens is 316 g/mol. The standard InChI is InChI=1S/C20H22N2O3/c1-14(11-19(23)17-8-4-3-5-9-17)22-20(24)15(2)25-18-10-6-7-16(12-18)13-21/h3-10,12,14-15,19,23H,11H2,1-2H3,(H,22,24). The van der Waals surface area contributed by atoms with E-state index in [1.54, 1.807) is 31.2 Å². The van der Waals surface area contributed by atoms with E-state index < -0.39 is 12.2 Å². The van der Waals surface area contributed by atoms with Crippen LogP contribution in [0.3, 0.4) is 0 Å². The number of nitriles is 1. The fourth-order valence-corrected chi connectivity index (χ4v) is 2.46. The van der Waals surface area contributed by atoms with Crippen molar-refractivity contribution in [3.8, 4) is 11.8 Å². The minimum atomic E-state index is -0.703. The number of ether oxygens (including phenoxy) is 1. The van der Waals surface area contributed by atoms with Crippen molar-refractivity contribution in [1.82, 2.24) is 5.32 Å². The number of aliphatic hydroxyl groups is 1. The summed E-state index contributed by atoms with van der Waals surface area (Å²) in [4.78, 5) is 12.2. The predicted molar refractivity (Wildman–Crippen MR) is 94.9 cm³/mol. The van der Waals surface area contributed by atoms with E-state index >= 15 is 0 Å². The number of benzene rings is 2. The Labute approximate surface area is 147 Å². The van der Waals surface area contributed by atoms with Crippen molar-refractivity contribution in [2.75, 3.05) is 0 Å². The largest absolute Gasteiger partial charge is 0.481 e. The molecule has 0 spiro atoms. The molecule has 2 aromatic rings. The highest BCUT2D eigenvalue weighted by Crippen LogP contribution is 2.18. The third-order valence-corrected chi connectivity index (χ3v) is 3.80. The SMILES string of the molecule is CC(CC(O)c1ccccc1)NC(=O)C(C)Oc1cccc(C#N)c1. The van der Waals surface area contributed by atoms with Gasteiger partial charge < -0.3 is 15.2 Å². The molecule has 2 aromatic carbocycles. The summed E-state index contributed by atoms with van der Waals surface area (Å²) in [5, 5.41) is 22.0. The van der Waals surface area contributed by atoms with Crippen LogP contribution in [0.15, 0.2) is 54.6 Å². The van der Waals surface area contributed by atoms with Crippen LogP contribution in [0.1, 0.15) is 37.5 Å². The van der Waals surface area contributed by atoms with Gasteiger partial charge >= 0.3 is 0 Å². The molecule has 130 valence electrons. The molecule has 5 nitrogen and oxygen atoms in total. The van der Waals surface area contributed by atoms with E-state index in [2.05, 4.69) is 5.32 Å². The highest BCUT2D eigenvalue weighted by Gasteiger charge is 2.19. The molecule has 0 aliphatic rings. The lowest BCUT2D eigenvalue weighted by Crippen LogP contribution is -2.41. The van der Waals surface area contributed by atoms with Crippen LogP contribution >= 0.6 is 0 Å². The lowest BCUT2D eigenvalue weighted by Gasteiger charge is -2.21. The molecule has 0 heterocycles. The maximum absolute atomic E-state index is 12.2. The molecular formula is C20H22N2O3. The van der Waals surface area contributed by atoms with Crippen LogP contribution in [0.2, 0.25) is 0 Å². The molecule has 0 saturated heterocycles. The number of carbonyl (C=O) groups excluding carboxylic acids is 1. The Hall–Kier alpha value is -2.84. The molecule has 25 heavy (non-hydrogen) atoms. The third kappa shape index (κ3) is 5.63. The van der Waals surface area contributed by atoms with E-state index in [4.69, 9.17) is 10.00 Å². The summed E-state index contributed by atoms with van der Waals surface area (Å²) in [7, 11) is 0. The number of aliphatic hydroxyl groups excluding tert-OH is 1. The van der Waals surface area contributed by atoms with Crippen LogP contribution in [0, 0.1) is 11.3 Å². The van der Waals surface area contributed by atoms with Crippen molar-refractivity contribution in [3.05, 3.63) is 65.7 Å². The first kappa shape index (κ1) is 18.5. The number of nitrogens with one attached hydrogen (secondary N) is 1. The summed E-state index contributed by atoms with van der Waals surface area (Å²) >= 11 is 0. The Bertz CT molecular complexity index is 740. The van der Waals surface area contributed by atoms with Crippen molar-refractivity contribution >= 4 is 5.91 Å². The lowest BCUT2D eigenvalue weighted by molar-refractivity contribution is -0.128. The summed E-state index contributed by atoms with van der Waals surface area (Å²) in [5.74, 6) is 0.203. The Morgan fingerprint density at radius 2 is 1.92 bits per heavy atom. The first-order valence-electron chi connectivity index (χ1n) is 8.20. The minimum Gasteiger partial charge on any atom is -0.481 e. The number of nitrogens with zero attached hydrogens (tertiary/aromatic N) is 1. The quantitative estimate of drug-likeness (QED) is 0.813. The molecule has 0 aliphatic heterocycles. The van der Waals surface area contributed by atoms with Gasteiger partial charge in [-0.3, -0.25) is 4.79 Å². The topological polar surface area (TPSA) is 82.3 Å². The zero-order valence-corrected chi connectivity index (χ0v) is 14.3. The molecule has 3 atom stereocenters. The maximum atomic E-state index is 12.2. The third-order valence-electron chi connectivity index (χ3n) is 3.80. The molecule has 0 fully saturated rings. The molecule has 3 unspecified atom stereocenters. The minimum absolute atomic E-state index is 0.209. The van der Waals surface area contributed by atoms with Gasteiger partial charge in [-0.1, -0.05) is 36.4 Å². The summed E-state index contributed by atoms with van der Waals surface area (Å²) in [6.07, 6.45) is -0.933. The van der Waals surface area contributed by atoms with Crippen molar-refractivity contribution in [1.29, 1.82) is 5.26 Å². The van der Waals surface area contributed by atoms with Crippen LogP contribution in [-0.2, 0) is 4.79 Å². The van der Waals surface area contributed by atoms with Gasteiger partial charge in [0.1, 0.15) is 5.75 Å². The molecule has 5 heteroatoms. The van der Waals surface area contributed by atoms with Gasteiger partial charge in [0, 0.05) is 6.04 Å². The predicted octanol–water partition coefficient (Wildman–Crippen LogP) is 2.95. The second kappa shape index (κ2) is 8.86. The lowest BCUT2D eigenvalue weighted by atomic mass is 10.0. The van der Waals surface area contributed by atoms with Gasteiger partial charge in [-0.2, -0.15) is 5.26 Å². The summed E-state index contributed by atoms with van der Waals surface area (Å²) in [6.45, 7) is 3.49. The van der Waals surface area contributed by atoms with Crippen LogP contribution in [0.5, 0.6) is 5.75 Å². The van der Waals surface area contributed by atoms with Gasteiger partial charge in [0.15, 0.2) is 6.10 Å². The van der Waals surface area contributed by atoms with E-state index in [9.17, 15) is 9.90 Å². The van der Waals surface area contributed by atoms with Crippen LogP contribution < -0.4 is 10.1 Å². The molecule has 0 aromatic heterocycles. The Morgan fingerprint density at radius 1 is 1.20 bits per heavy atom. The zero-order chi connectivity index (χ0) is 18.2. The molecule has 0 bridgehead atoms. The fourth-order valence-electron chi connectivity index (χ4n) is 2.46. The van der Waals surface area contributed by atoms with Gasteiger partial charge in [-0.15, -0.1) is 0 Å². The second-order valence-electron chi connectivity index (χ2n) is 5.97. The molecule has 0 saturated carbocycles. The van der Waals surface area contributed by atoms with E-state index in [-0.39, 0.29) is 11.9 Å². The molecule has 1 amide bonds. The van der Waals surface area contributed by atoms with Gasteiger partial charge in [0.25, 0.3) is 5.91 Å². The first-order valence-corrected chi connectivity index (χ1v) is 8.20. The van der Waals surface area contributed by atoms with Crippen molar-refractivity contribution in [3.63, 3.8) is 0 Å². The number of rotatable bonds is 7. The summed E-state index contributed by atoms with van der Waals surface area (Å²) in [6, 6.07) is 17.8. The number of carbonyl (C=O) groups is 1. The van der Waals surface area contributed by atoms with Crippen LogP contribution in [0.25, 0.3) is 0 Å². The van der Waals surface area contributed by atoms with Crippen LogP contribution in [0.4, 0.5) is 0 Å². The highest BCUT2D eigenvalue weighted by molar-refractivity contribution is 5.81. The van der Waals surface area contributed by atoms with Gasteiger partial charge in [-0.25, -0.2) is 0 Å². The number of hydrogen-bond donors (Lipinski definition) is 2. The Kier molecular flexibility index (Phi) is 6.55. The van der Waals surface area contributed by atoms with E-state index in [1.807, 2.05) is 43.3 Å². The average molecular weight is 338 g/mol. The van der Waals surface area contributed by atoms with E-state index in [1.165, 1.54) is 0 Å². The Balaban J connectivity index is 1.86. The molecule has 2 N–H and O–H groups in total. The van der Waals surface area contributed by atoms with Gasteiger partial charge in [0.05, 0.1) is 17.7 Å². The average Bonchev–Trinajstić information content (AvgIpc) is 2.62. The van der Waals surface area contributed by atoms with Crippen molar-refractivity contribution in [2.45, 2.75) is 38.5 Å². The zero-order valence-electron chi connectivity index (χ0n) is 14.3. The van der Waals surface area contributed by atoms with Crippen molar-refractivity contribution < 1.29 is 14.6 Å². The molecule has 2 rings (SSSR count). The first-order chi connectivity index (χ1) is 12.0. The molecule has 0 radical (unpaired) electrons. The Morgan fingerprint density at radius 3 is 2.60 bits per heavy atom. The normalized spacial score (nSPS) is 14.0. The number of amides is 1. The highest BCUT2D eigenvalue weighted by atomic mass is 16.5. The molecule has 0 aliphatic carbocycles. The maximum Gasteiger partial charge on any atom is 0.260 e. The summed E-state index contributed by atoms with van der Waals surface area (Å²) in [5.41, 5.74) is 1.30.